The van der Waals surface area contributed by atoms with Gasteiger partial charge >= 0.3 is 0 Å². The number of carbonyl (C=O) groups excluding carboxylic acids is 1. The van der Waals surface area contributed by atoms with E-state index in [0.29, 0.717) is 25.4 Å². The molecule has 1 aliphatic rings. The molecule has 1 amide bonds. The predicted octanol–water partition coefficient (Wildman–Crippen LogP) is 3.33. The van der Waals surface area contributed by atoms with Crippen molar-refractivity contribution in [2.45, 2.75) is 26.9 Å². The highest BCUT2D eigenvalue weighted by Gasteiger charge is 2.20. The van der Waals surface area contributed by atoms with Crippen molar-refractivity contribution in [2.75, 3.05) is 32.8 Å². The summed E-state index contributed by atoms with van der Waals surface area (Å²) in [6.07, 6.45) is 0. The van der Waals surface area contributed by atoms with Gasteiger partial charge in [0.15, 0.2) is 6.61 Å². The van der Waals surface area contributed by atoms with Gasteiger partial charge < -0.3 is 14.4 Å². The van der Waals surface area contributed by atoms with Crippen LogP contribution in [0.15, 0.2) is 48.5 Å². The number of benzene rings is 2. The summed E-state index contributed by atoms with van der Waals surface area (Å²) in [6, 6.07) is 15.7. The Hall–Kier alpha value is -2.53. The van der Waals surface area contributed by atoms with Crippen LogP contribution in [0.4, 0.5) is 0 Å². The van der Waals surface area contributed by atoms with Crippen molar-refractivity contribution < 1.29 is 14.3 Å². The molecular formula is C22H28N2O3. The van der Waals surface area contributed by atoms with E-state index in [1.807, 2.05) is 41.3 Å². The van der Waals surface area contributed by atoms with E-state index in [0.717, 1.165) is 30.9 Å². The summed E-state index contributed by atoms with van der Waals surface area (Å²) >= 11 is 0. The van der Waals surface area contributed by atoms with Crippen molar-refractivity contribution in [3.8, 4) is 11.5 Å². The third-order valence-electron chi connectivity index (χ3n) is 4.86. The number of ether oxygens (including phenoxy) is 2. The maximum Gasteiger partial charge on any atom is 0.260 e. The summed E-state index contributed by atoms with van der Waals surface area (Å²) < 4.78 is 11.5. The fraction of sp³-hybridized carbons (Fsp3) is 0.409. The van der Waals surface area contributed by atoms with Crippen molar-refractivity contribution in [1.29, 1.82) is 0 Å². The van der Waals surface area contributed by atoms with Gasteiger partial charge in [-0.15, -0.1) is 0 Å². The van der Waals surface area contributed by atoms with Gasteiger partial charge in [0.2, 0.25) is 0 Å². The van der Waals surface area contributed by atoms with E-state index < -0.39 is 0 Å². The largest absolute Gasteiger partial charge is 0.491 e. The minimum atomic E-state index is -0.0237. The molecule has 27 heavy (non-hydrogen) atoms. The molecule has 1 heterocycles. The number of carbonyl (C=O) groups is 1. The molecule has 3 rings (SSSR count). The molecule has 0 saturated carbocycles. The molecule has 0 aromatic heterocycles. The first-order chi connectivity index (χ1) is 13.2. The molecule has 0 saturated heterocycles. The molecule has 0 fully saturated rings. The van der Waals surface area contributed by atoms with Crippen LogP contribution in [0.25, 0.3) is 0 Å². The number of nitrogens with zero attached hydrogens (tertiary/aromatic N) is 2. The van der Waals surface area contributed by atoms with Gasteiger partial charge in [0, 0.05) is 18.7 Å². The van der Waals surface area contributed by atoms with Crippen LogP contribution in [-0.2, 0) is 17.9 Å². The smallest absolute Gasteiger partial charge is 0.260 e. The second-order valence-electron chi connectivity index (χ2n) is 6.67. The van der Waals surface area contributed by atoms with Crippen molar-refractivity contribution in [3.05, 3.63) is 59.7 Å². The van der Waals surface area contributed by atoms with Gasteiger partial charge in [0.25, 0.3) is 5.91 Å². The molecule has 0 spiro atoms. The molecule has 0 N–H and O–H groups in total. The number of rotatable bonds is 7. The molecule has 0 aliphatic carbocycles. The Morgan fingerprint density at radius 3 is 2.67 bits per heavy atom. The van der Waals surface area contributed by atoms with Crippen molar-refractivity contribution >= 4 is 5.91 Å². The number of amides is 1. The second kappa shape index (κ2) is 9.42. The SMILES string of the molecule is CCN(CC)Cc1ccc2c(c1)CN(C(=O)COc1ccccc1)CCO2. The highest BCUT2D eigenvalue weighted by atomic mass is 16.5. The van der Waals surface area contributed by atoms with E-state index in [1.165, 1.54) is 5.56 Å². The highest BCUT2D eigenvalue weighted by molar-refractivity contribution is 5.78. The molecule has 0 bridgehead atoms. The minimum absolute atomic E-state index is 0.0237. The van der Waals surface area contributed by atoms with Gasteiger partial charge in [-0.25, -0.2) is 0 Å². The average Bonchev–Trinajstić information content (AvgIpc) is 2.93. The maximum atomic E-state index is 12.6. The zero-order valence-electron chi connectivity index (χ0n) is 16.2. The van der Waals surface area contributed by atoms with Crippen LogP contribution in [-0.4, -0.2) is 48.6 Å². The summed E-state index contributed by atoms with van der Waals surface area (Å²) in [5.41, 5.74) is 2.31. The van der Waals surface area contributed by atoms with Crippen molar-refractivity contribution in [3.63, 3.8) is 0 Å². The van der Waals surface area contributed by atoms with E-state index in [2.05, 4.69) is 30.9 Å². The first-order valence-electron chi connectivity index (χ1n) is 9.62. The average molecular weight is 368 g/mol. The molecular weight excluding hydrogens is 340 g/mol. The van der Waals surface area contributed by atoms with Crippen LogP contribution < -0.4 is 9.47 Å². The lowest BCUT2D eigenvalue weighted by Crippen LogP contribution is -2.36. The summed E-state index contributed by atoms with van der Waals surface area (Å²) in [5.74, 6) is 1.56. The van der Waals surface area contributed by atoms with Crippen LogP contribution in [0.3, 0.4) is 0 Å². The van der Waals surface area contributed by atoms with Crippen LogP contribution >= 0.6 is 0 Å². The van der Waals surface area contributed by atoms with Crippen molar-refractivity contribution in [2.24, 2.45) is 0 Å². The van der Waals surface area contributed by atoms with Gasteiger partial charge in [-0.05, 0) is 42.9 Å². The van der Waals surface area contributed by atoms with Crippen LogP contribution in [0.5, 0.6) is 11.5 Å². The number of para-hydroxylation sites is 1. The third kappa shape index (κ3) is 5.23. The molecule has 144 valence electrons. The van der Waals surface area contributed by atoms with Crippen LogP contribution in [0, 0.1) is 0 Å². The lowest BCUT2D eigenvalue weighted by molar-refractivity contribution is -0.134. The maximum absolute atomic E-state index is 12.6. The summed E-state index contributed by atoms with van der Waals surface area (Å²) in [5, 5.41) is 0. The first-order valence-corrected chi connectivity index (χ1v) is 9.62. The van der Waals surface area contributed by atoms with E-state index in [1.54, 1.807) is 0 Å². The van der Waals surface area contributed by atoms with Gasteiger partial charge in [-0.1, -0.05) is 38.1 Å². The quantitative estimate of drug-likeness (QED) is 0.752. The molecule has 5 nitrogen and oxygen atoms in total. The van der Waals surface area contributed by atoms with E-state index in [4.69, 9.17) is 9.47 Å². The number of hydrogen-bond acceptors (Lipinski definition) is 4. The minimum Gasteiger partial charge on any atom is -0.491 e. The fourth-order valence-corrected chi connectivity index (χ4v) is 3.22. The molecule has 0 atom stereocenters. The van der Waals surface area contributed by atoms with Crippen molar-refractivity contribution in [1.82, 2.24) is 9.80 Å². The molecule has 2 aromatic carbocycles. The zero-order valence-corrected chi connectivity index (χ0v) is 16.2. The van der Waals surface area contributed by atoms with E-state index in [9.17, 15) is 4.79 Å². The Labute approximate surface area is 161 Å². The van der Waals surface area contributed by atoms with E-state index in [-0.39, 0.29) is 12.5 Å². The Kier molecular flexibility index (Phi) is 6.71. The molecule has 5 heteroatoms. The normalized spacial score (nSPS) is 13.7. The van der Waals surface area contributed by atoms with Gasteiger partial charge in [-0.2, -0.15) is 0 Å². The lowest BCUT2D eigenvalue weighted by Gasteiger charge is -2.21. The van der Waals surface area contributed by atoms with Crippen LogP contribution in [0.2, 0.25) is 0 Å². The Bertz CT molecular complexity index is 744. The third-order valence-corrected chi connectivity index (χ3v) is 4.86. The molecule has 2 aromatic rings. The van der Waals surface area contributed by atoms with Crippen LogP contribution in [0.1, 0.15) is 25.0 Å². The number of hydrogen-bond donors (Lipinski definition) is 0. The number of fused-ring (bicyclic) bond motifs is 1. The Morgan fingerprint density at radius 1 is 1.15 bits per heavy atom. The second-order valence-corrected chi connectivity index (χ2v) is 6.67. The lowest BCUT2D eigenvalue weighted by atomic mass is 10.1. The Balaban J connectivity index is 1.66. The molecule has 0 radical (unpaired) electrons. The predicted molar refractivity (Wildman–Crippen MR) is 106 cm³/mol. The summed E-state index contributed by atoms with van der Waals surface area (Å²) in [6.45, 7) is 8.95. The van der Waals surface area contributed by atoms with E-state index >= 15 is 0 Å². The molecule has 1 aliphatic heterocycles. The highest BCUT2D eigenvalue weighted by Crippen LogP contribution is 2.25. The summed E-state index contributed by atoms with van der Waals surface area (Å²) in [4.78, 5) is 16.8. The Morgan fingerprint density at radius 2 is 1.93 bits per heavy atom. The zero-order chi connectivity index (χ0) is 19.1. The topological polar surface area (TPSA) is 42.0 Å². The standard InChI is InChI=1S/C22H28N2O3/c1-3-23(4-2)15-18-10-11-21-19(14-18)16-24(12-13-26-21)22(25)17-27-20-8-6-5-7-9-20/h5-11,14H,3-4,12-13,15-17H2,1-2H3. The summed E-state index contributed by atoms with van der Waals surface area (Å²) in [7, 11) is 0. The van der Waals surface area contributed by atoms with Gasteiger partial charge in [-0.3, -0.25) is 9.69 Å². The first kappa shape index (κ1) is 19.2. The fourth-order valence-electron chi connectivity index (χ4n) is 3.22. The van der Waals surface area contributed by atoms with Gasteiger partial charge in [0.05, 0.1) is 6.54 Å². The van der Waals surface area contributed by atoms with Gasteiger partial charge in [0.1, 0.15) is 18.1 Å². The monoisotopic (exact) mass is 368 g/mol. The molecule has 0 unspecified atom stereocenters.